The Morgan fingerprint density at radius 3 is 2.37 bits per heavy atom. The molecule has 0 aliphatic rings. The van der Waals surface area contributed by atoms with Gasteiger partial charge >= 0.3 is 0 Å². The van der Waals surface area contributed by atoms with Gasteiger partial charge in [0.2, 0.25) is 5.95 Å². The average Bonchev–Trinajstić information content (AvgIpc) is 2.26. The molecule has 0 saturated carbocycles. The zero-order chi connectivity index (χ0) is 14.0. The van der Waals surface area contributed by atoms with Gasteiger partial charge in [-0.15, -0.1) is 0 Å². The van der Waals surface area contributed by atoms with Crippen molar-refractivity contribution in [2.45, 2.75) is 6.92 Å². The molecule has 0 spiro atoms. The molecule has 0 saturated heterocycles. The molecule has 0 fully saturated rings. The van der Waals surface area contributed by atoms with Crippen molar-refractivity contribution in [3.05, 3.63) is 45.7 Å². The van der Waals surface area contributed by atoms with Gasteiger partial charge in [0.15, 0.2) is 0 Å². The number of hydrogen-bond donors (Lipinski definition) is 2. The number of thiocarbonyl (C=S) groups is 1. The Balaban J connectivity index is 2.35. The van der Waals surface area contributed by atoms with Crippen molar-refractivity contribution in [2.24, 2.45) is 5.73 Å². The van der Waals surface area contributed by atoms with Crippen LogP contribution in [-0.4, -0.2) is 15.0 Å². The highest BCUT2D eigenvalue weighted by molar-refractivity contribution is 7.80. The summed E-state index contributed by atoms with van der Waals surface area (Å²) in [7, 11) is 0. The molecule has 0 bridgehead atoms. The van der Waals surface area contributed by atoms with Gasteiger partial charge in [-0.3, -0.25) is 0 Å². The van der Waals surface area contributed by atoms with Gasteiger partial charge in [0.05, 0.1) is 0 Å². The minimum absolute atomic E-state index is 0.220. The molecular formula is C12H10Cl2N4S. The van der Waals surface area contributed by atoms with Crippen molar-refractivity contribution < 1.29 is 0 Å². The molecule has 0 aliphatic carbocycles. The molecule has 1 heterocycles. The number of nitrogens with zero attached hydrogens (tertiary/aromatic N) is 2. The van der Waals surface area contributed by atoms with Crippen LogP contribution in [-0.2, 0) is 0 Å². The van der Waals surface area contributed by atoms with Crippen molar-refractivity contribution in [3.8, 4) is 0 Å². The third kappa shape index (κ3) is 3.76. The van der Waals surface area contributed by atoms with E-state index in [1.165, 1.54) is 0 Å². The summed E-state index contributed by atoms with van der Waals surface area (Å²) in [5.41, 5.74) is 7.53. The van der Waals surface area contributed by atoms with Gasteiger partial charge in [0.25, 0.3) is 0 Å². The van der Waals surface area contributed by atoms with Crippen LogP contribution in [0.4, 0.5) is 11.6 Å². The second-order valence-electron chi connectivity index (χ2n) is 3.87. The Morgan fingerprint density at radius 2 is 1.79 bits per heavy atom. The lowest BCUT2D eigenvalue weighted by atomic mass is 10.3. The monoisotopic (exact) mass is 312 g/mol. The SMILES string of the molecule is Cc1cc(C(N)=S)nc(Nc2cc(Cl)cc(Cl)c2)n1. The van der Waals surface area contributed by atoms with E-state index >= 15 is 0 Å². The summed E-state index contributed by atoms with van der Waals surface area (Å²) in [5.74, 6) is 0.390. The van der Waals surface area contributed by atoms with Crippen LogP contribution in [0, 0.1) is 6.92 Å². The summed E-state index contributed by atoms with van der Waals surface area (Å²) in [6, 6.07) is 6.81. The molecule has 7 heteroatoms. The molecule has 2 aromatic rings. The average molecular weight is 313 g/mol. The molecule has 0 unspecified atom stereocenters. The fourth-order valence-corrected chi connectivity index (χ4v) is 2.14. The van der Waals surface area contributed by atoms with Crippen LogP contribution in [0.15, 0.2) is 24.3 Å². The van der Waals surface area contributed by atoms with Crippen LogP contribution in [0.1, 0.15) is 11.4 Å². The lowest BCUT2D eigenvalue weighted by Gasteiger charge is -2.08. The van der Waals surface area contributed by atoms with Crippen LogP contribution in [0.3, 0.4) is 0 Å². The second kappa shape index (κ2) is 5.69. The third-order valence-electron chi connectivity index (χ3n) is 2.23. The summed E-state index contributed by atoms with van der Waals surface area (Å²) in [5, 5.41) is 4.07. The maximum Gasteiger partial charge on any atom is 0.228 e. The summed E-state index contributed by atoms with van der Waals surface area (Å²) < 4.78 is 0. The fourth-order valence-electron chi connectivity index (χ4n) is 1.51. The van der Waals surface area contributed by atoms with E-state index in [-0.39, 0.29) is 4.99 Å². The first-order valence-electron chi connectivity index (χ1n) is 5.32. The van der Waals surface area contributed by atoms with Gasteiger partial charge in [-0.2, -0.15) is 0 Å². The molecule has 0 radical (unpaired) electrons. The lowest BCUT2D eigenvalue weighted by molar-refractivity contribution is 1.09. The number of aromatic nitrogens is 2. The van der Waals surface area contributed by atoms with Gasteiger partial charge in [-0.25, -0.2) is 9.97 Å². The summed E-state index contributed by atoms with van der Waals surface area (Å²) in [6.45, 7) is 1.83. The number of benzene rings is 1. The van der Waals surface area contributed by atoms with Crippen LogP contribution >= 0.6 is 35.4 Å². The molecule has 19 heavy (non-hydrogen) atoms. The highest BCUT2D eigenvalue weighted by Gasteiger charge is 2.06. The van der Waals surface area contributed by atoms with Gasteiger partial charge < -0.3 is 11.1 Å². The van der Waals surface area contributed by atoms with E-state index in [4.69, 9.17) is 41.2 Å². The molecule has 3 N–H and O–H groups in total. The molecular weight excluding hydrogens is 303 g/mol. The predicted octanol–water partition coefficient (Wildman–Crippen LogP) is 3.47. The number of rotatable bonds is 3. The van der Waals surface area contributed by atoms with Gasteiger partial charge in [-0.05, 0) is 31.2 Å². The van der Waals surface area contributed by atoms with Crippen molar-refractivity contribution >= 4 is 52.0 Å². The number of hydrogen-bond acceptors (Lipinski definition) is 4. The standard InChI is InChI=1S/C12H10Cl2N4S/c1-6-2-10(11(15)19)18-12(16-6)17-9-4-7(13)3-8(14)5-9/h2-5H,1H3,(H2,15,19)(H,16,17,18). The summed E-state index contributed by atoms with van der Waals surface area (Å²) >= 11 is 16.8. The highest BCUT2D eigenvalue weighted by Crippen LogP contribution is 2.24. The zero-order valence-electron chi connectivity index (χ0n) is 9.95. The van der Waals surface area contributed by atoms with E-state index in [1.807, 2.05) is 6.92 Å². The zero-order valence-corrected chi connectivity index (χ0v) is 12.3. The highest BCUT2D eigenvalue weighted by atomic mass is 35.5. The number of aryl methyl sites for hydroxylation is 1. The molecule has 1 aromatic heterocycles. The first-order chi connectivity index (χ1) is 8.94. The minimum Gasteiger partial charge on any atom is -0.388 e. The Kier molecular flexibility index (Phi) is 4.19. The number of nitrogens with two attached hydrogens (primary N) is 1. The van der Waals surface area contributed by atoms with E-state index in [0.717, 1.165) is 5.69 Å². The number of anilines is 2. The van der Waals surface area contributed by atoms with E-state index in [1.54, 1.807) is 24.3 Å². The molecule has 2 rings (SSSR count). The predicted molar refractivity (Wildman–Crippen MR) is 82.4 cm³/mol. The molecule has 4 nitrogen and oxygen atoms in total. The first kappa shape index (κ1) is 14.0. The first-order valence-corrected chi connectivity index (χ1v) is 6.49. The van der Waals surface area contributed by atoms with E-state index < -0.39 is 0 Å². The molecule has 0 amide bonds. The van der Waals surface area contributed by atoms with E-state index in [2.05, 4.69) is 15.3 Å². The smallest absolute Gasteiger partial charge is 0.228 e. The summed E-state index contributed by atoms with van der Waals surface area (Å²) in [4.78, 5) is 8.68. The Bertz CT molecular complexity index is 625. The van der Waals surface area contributed by atoms with Crippen molar-refractivity contribution in [1.82, 2.24) is 9.97 Å². The minimum atomic E-state index is 0.220. The van der Waals surface area contributed by atoms with E-state index in [9.17, 15) is 0 Å². The number of nitrogens with one attached hydrogen (secondary N) is 1. The third-order valence-corrected chi connectivity index (χ3v) is 2.87. The topological polar surface area (TPSA) is 63.8 Å². The van der Waals surface area contributed by atoms with E-state index in [0.29, 0.717) is 27.4 Å². The largest absolute Gasteiger partial charge is 0.388 e. The van der Waals surface area contributed by atoms with Crippen molar-refractivity contribution in [3.63, 3.8) is 0 Å². The lowest BCUT2D eigenvalue weighted by Crippen LogP contribution is -2.13. The Morgan fingerprint density at radius 1 is 1.16 bits per heavy atom. The van der Waals surface area contributed by atoms with Crippen LogP contribution < -0.4 is 11.1 Å². The van der Waals surface area contributed by atoms with Crippen molar-refractivity contribution in [1.29, 1.82) is 0 Å². The number of halogens is 2. The normalized spacial score (nSPS) is 10.3. The van der Waals surface area contributed by atoms with Crippen LogP contribution in [0.5, 0.6) is 0 Å². The Labute approximate surface area is 126 Å². The van der Waals surface area contributed by atoms with Crippen LogP contribution in [0.2, 0.25) is 10.0 Å². The fraction of sp³-hybridized carbons (Fsp3) is 0.0833. The molecule has 0 aliphatic heterocycles. The van der Waals surface area contributed by atoms with Gasteiger partial charge in [0, 0.05) is 21.4 Å². The van der Waals surface area contributed by atoms with Crippen LogP contribution in [0.25, 0.3) is 0 Å². The summed E-state index contributed by atoms with van der Waals surface area (Å²) in [6.07, 6.45) is 0. The quantitative estimate of drug-likeness (QED) is 0.850. The maximum absolute atomic E-state index is 5.92. The molecule has 1 aromatic carbocycles. The molecule has 98 valence electrons. The van der Waals surface area contributed by atoms with Crippen molar-refractivity contribution in [2.75, 3.05) is 5.32 Å². The maximum atomic E-state index is 5.92. The second-order valence-corrected chi connectivity index (χ2v) is 5.18. The Hall–Kier alpha value is -1.43. The molecule has 0 atom stereocenters. The van der Waals surface area contributed by atoms with Gasteiger partial charge in [0.1, 0.15) is 10.7 Å². The van der Waals surface area contributed by atoms with Gasteiger partial charge in [-0.1, -0.05) is 35.4 Å².